The summed E-state index contributed by atoms with van der Waals surface area (Å²) in [4.78, 5) is 12.7. The fourth-order valence-electron chi connectivity index (χ4n) is 3.96. The molecule has 2 N–H and O–H groups in total. The molecule has 0 bridgehead atoms. The summed E-state index contributed by atoms with van der Waals surface area (Å²) in [5, 5.41) is 2.76. The van der Waals surface area contributed by atoms with Gasteiger partial charge in [0.1, 0.15) is 10.6 Å². The predicted molar refractivity (Wildman–Crippen MR) is 115 cm³/mol. The van der Waals surface area contributed by atoms with Crippen molar-refractivity contribution in [1.29, 1.82) is 0 Å². The summed E-state index contributed by atoms with van der Waals surface area (Å²) in [7, 11) is -2.46. The lowest BCUT2D eigenvalue weighted by Crippen LogP contribution is -2.41. The van der Waals surface area contributed by atoms with Gasteiger partial charge in [0.05, 0.1) is 7.11 Å². The maximum atomic E-state index is 13.1. The summed E-state index contributed by atoms with van der Waals surface area (Å²) in [6, 6.07) is 9.30. The molecule has 1 fully saturated rings. The molecule has 2 atom stereocenters. The van der Waals surface area contributed by atoms with Crippen LogP contribution in [-0.2, 0) is 10.0 Å². The van der Waals surface area contributed by atoms with Crippen LogP contribution in [0, 0.1) is 5.92 Å². The molecule has 0 spiro atoms. The first kappa shape index (κ1) is 21.5. The van der Waals surface area contributed by atoms with Crippen LogP contribution >= 0.6 is 0 Å². The second kappa shape index (κ2) is 8.76. The molecular formula is C22H26N2O6S. The number of anilines is 1. The molecule has 0 saturated heterocycles. The van der Waals surface area contributed by atoms with E-state index in [1.807, 2.05) is 0 Å². The molecule has 8 nitrogen and oxygen atoms in total. The molecular weight excluding hydrogens is 420 g/mol. The first-order valence-electron chi connectivity index (χ1n) is 10.3. The highest BCUT2D eigenvalue weighted by Gasteiger charge is 2.29. The first-order chi connectivity index (χ1) is 14.9. The van der Waals surface area contributed by atoms with Gasteiger partial charge in [-0.15, -0.1) is 0 Å². The monoisotopic (exact) mass is 446 g/mol. The number of fused-ring (bicyclic) bond motifs is 1. The Morgan fingerprint density at radius 1 is 1.06 bits per heavy atom. The van der Waals surface area contributed by atoms with Crippen molar-refractivity contribution < 1.29 is 27.4 Å². The number of hydrogen-bond acceptors (Lipinski definition) is 6. The zero-order valence-corrected chi connectivity index (χ0v) is 18.3. The van der Waals surface area contributed by atoms with Gasteiger partial charge in [-0.1, -0.05) is 19.8 Å². The average molecular weight is 447 g/mol. The van der Waals surface area contributed by atoms with E-state index in [-0.39, 0.29) is 35.0 Å². The van der Waals surface area contributed by atoms with Crippen LogP contribution in [0.3, 0.4) is 0 Å². The Hall–Kier alpha value is -2.78. The van der Waals surface area contributed by atoms with Crippen molar-refractivity contribution >= 4 is 21.6 Å². The third-order valence-electron chi connectivity index (χ3n) is 5.76. The van der Waals surface area contributed by atoms with Crippen molar-refractivity contribution in [3.63, 3.8) is 0 Å². The lowest BCUT2D eigenvalue weighted by molar-refractivity contribution is 0.102. The third-order valence-corrected chi connectivity index (χ3v) is 7.27. The fourth-order valence-corrected chi connectivity index (χ4v) is 5.53. The summed E-state index contributed by atoms with van der Waals surface area (Å²) in [5.74, 6) is 1.16. The van der Waals surface area contributed by atoms with E-state index in [1.54, 1.807) is 18.2 Å². The van der Waals surface area contributed by atoms with Crippen LogP contribution < -0.4 is 24.2 Å². The molecule has 2 unspecified atom stereocenters. The summed E-state index contributed by atoms with van der Waals surface area (Å²) in [5.41, 5.74) is 0.721. The van der Waals surface area contributed by atoms with Crippen molar-refractivity contribution in [1.82, 2.24) is 4.72 Å². The van der Waals surface area contributed by atoms with Gasteiger partial charge in [-0.25, -0.2) is 13.1 Å². The van der Waals surface area contributed by atoms with Crippen molar-refractivity contribution in [2.45, 2.75) is 43.5 Å². The topological polar surface area (TPSA) is 103 Å². The lowest BCUT2D eigenvalue weighted by atomic mass is 9.87. The fraction of sp³-hybridized carbons (Fsp3) is 0.409. The zero-order chi connectivity index (χ0) is 22.0. The van der Waals surface area contributed by atoms with E-state index in [4.69, 9.17) is 14.2 Å². The van der Waals surface area contributed by atoms with E-state index < -0.39 is 15.9 Å². The second-order valence-electron chi connectivity index (χ2n) is 7.88. The normalized spacial score (nSPS) is 20.3. The highest BCUT2D eigenvalue weighted by Crippen LogP contribution is 2.34. The molecule has 1 aliphatic heterocycles. The maximum absolute atomic E-state index is 13.1. The highest BCUT2D eigenvalue weighted by atomic mass is 32.2. The Kier molecular flexibility index (Phi) is 6.06. The van der Waals surface area contributed by atoms with Crippen LogP contribution in [0.15, 0.2) is 41.3 Å². The molecule has 2 aromatic rings. The number of nitrogens with one attached hydrogen (secondary N) is 2. The maximum Gasteiger partial charge on any atom is 0.255 e. The second-order valence-corrected chi connectivity index (χ2v) is 9.56. The number of carbonyl (C=O) groups is 1. The van der Waals surface area contributed by atoms with Crippen LogP contribution in [0.1, 0.15) is 43.0 Å². The number of rotatable bonds is 6. The lowest BCUT2D eigenvalue weighted by Gasteiger charge is -2.29. The Labute approximate surface area is 181 Å². The Bertz CT molecular complexity index is 1090. The molecule has 9 heteroatoms. The molecule has 1 aliphatic carbocycles. The van der Waals surface area contributed by atoms with Gasteiger partial charge in [-0.3, -0.25) is 4.79 Å². The van der Waals surface area contributed by atoms with E-state index in [0.717, 1.165) is 25.7 Å². The smallest absolute Gasteiger partial charge is 0.255 e. The molecule has 0 radical (unpaired) electrons. The number of carbonyl (C=O) groups excluding carboxylic acids is 1. The molecule has 2 aromatic carbocycles. The third kappa shape index (κ3) is 4.62. The van der Waals surface area contributed by atoms with Crippen LogP contribution in [0.2, 0.25) is 0 Å². The number of methoxy groups -OCH3 is 1. The quantitative estimate of drug-likeness (QED) is 0.704. The largest absolute Gasteiger partial charge is 0.495 e. The molecule has 0 aromatic heterocycles. The zero-order valence-electron chi connectivity index (χ0n) is 17.5. The standard InChI is InChI=1S/C22H26N2O6S/c1-14-5-3-4-6-17(14)24-31(26,27)21-11-15(7-9-19(21)28-2)22(25)23-16-8-10-18-20(12-16)30-13-29-18/h7-12,14,17,24H,3-6,13H2,1-2H3,(H,23,25). The minimum atomic E-state index is -3.86. The van der Waals surface area contributed by atoms with Crippen molar-refractivity contribution in [2.24, 2.45) is 5.92 Å². The van der Waals surface area contributed by atoms with Crippen molar-refractivity contribution in [2.75, 3.05) is 19.2 Å². The Morgan fingerprint density at radius 2 is 1.84 bits per heavy atom. The minimum absolute atomic E-state index is 0.0499. The van der Waals surface area contributed by atoms with Crippen molar-refractivity contribution in [3.8, 4) is 17.2 Å². The summed E-state index contributed by atoms with van der Waals surface area (Å²) in [6.45, 7) is 2.19. The van der Waals surface area contributed by atoms with Crippen LogP contribution in [0.4, 0.5) is 5.69 Å². The number of ether oxygens (including phenoxy) is 3. The molecule has 1 amide bonds. The molecule has 1 saturated carbocycles. The van der Waals surface area contributed by atoms with E-state index >= 15 is 0 Å². The van der Waals surface area contributed by atoms with Crippen LogP contribution in [-0.4, -0.2) is 34.3 Å². The summed E-state index contributed by atoms with van der Waals surface area (Å²) in [6.07, 6.45) is 3.89. The minimum Gasteiger partial charge on any atom is -0.495 e. The van der Waals surface area contributed by atoms with Gasteiger partial charge in [0.2, 0.25) is 16.8 Å². The average Bonchev–Trinajstić information content (AvgIpc) is 3.22. The number of hydrogen-bond donors (Lipinski definition) is 2. The van der Waals surface area contributed by atoms with E-state index in [0.29, 0.717) is 17.2 Å². The van der Waals surface area contributed by atoms with Gasteiger partial charge in [0.15, 0.2) is 11.5 Å². The Morgan fingerprint density at radius 3 is 2.61 bits per heavy atom. The van der Waals surface area contributed by atoms with Gasteiger partial charge in [-0.2, -0.15) is 0 Å². The number of benzene rings is 2. The van der Waals surface area contributed by atoms with Gasteiger partial charge in [0, 0.05) is 23.4 Å². The van der Waals surface area contributed by atoms with Crippen LogP contribution in [0.5, 0.6) is 17.2 Å². The Balaban J connectivity index is 1.57. The summed E-state index contributed by atoms with van der Waals surface area (Å²) >= 11 is 0. The first-order valence-corrected chi connectivity index (χ1v) is 11.8. The van der Waals surface area contributed by atoms with Gasteiger partial charge in [-0.05, 0) is 49.1 Å². The van der Waals surface area contributed by atoms with E-state index in [9.17, 15) is 13.2 Å². The van der Waals surface area contributed by atoms with Gasteiger partial charge in [0.25, 0.3) is 5.91 Å². The SMILES string of the molecule is COc1ccc(C(=O)Nc2ccc3c(c2)OCO3)cc1S(=O)(=O)NC1CCCCC1C. The van der Waals surface area contributed by atoms with E-state index in [1.165, 1.54) is 25.3 Å². The number of sulfonamides is 1. The molecule has 4 rings (SSSR count). The van der Waals surface area contributed by atoms with Crippen molar-refractivity contribution in [3.05, 3.63) is 42.0 Å². The van der Waals surface area contributed by atoms with Crippen LogP contribution in [0.25, 0.3) is 0 Å². The molecule has 1 heterocycles. The van der Waals surface area contributed by atoms with Gasteiger partial charge >= 0.3 is 0 Å². The van der Waals surface area contributed by atoms with E-state index in [2.05, 4.69) is 17.0 Å². The molecule has 2 aliphatic rings. The van der Waals surface area contributed by atoms with Gasteiger partial charge < -0.3 is 19.5 Å². The summed E-state index contributed by atoms with van der Waals surface area (Å²) < 4.78 is 44.9. The molecule has 166 valence electrons. The highest BCUT2D eigenvalue weighted by molar-refractivity contribution is 7.89. The predicted octanol–water partition coefficient (Wildman–Crippen LogP) is 3.53. The number of amides is 1. The molecule has 31 heavy (non-hydrogen) atoms.